The van der Waals surface area contributed by atoms with Crippen LogP contribution in [-0.2, 0) is 14.8 Å². The van der Waals surface area contributed by atoms with Gasteiger partial charge < -0.3 is 10.5 Å². The van der Waals surface area contributed by atoms with E-state index in [0.717, 1.165) is 12.8 Å². The number of carbonyl (C=O) groups excluding carboxylic acids is 1. The second kappa shape index (κ2) is 6.55. The first-order valence-electron chi connectivity index (χ1n) is 6.88. The fraction of sp³-hybridized carbons (Fsp3) is 0.500. The molecule has 2 N–H and O–H groups in total. The normalized spacial score (nSPS) is 20.2. The molecule has 1 unspecified atom stereocenters. The highest BCUT2D eigenvalue weighted by molar-refractivity contribution is 7.89. The van der Waals surface area contributed by atoms with Crippen LogP contribution in [0.5, 0.6) is 0 Å². The van der Waals surface area contributed by atoms with Crippen molar-refractivity contribution in [3.63, 3.8) is 0 Å². The summed E-state index contributed by atoms with van der Waals surface area (Å²) in [4.78, 5) is 11.8. The topological polar surface area (TPSA) is 89.7 Å². The van der Waals surface area contributed by atoms with Crippen molar-refractivity contribution in [3.05, 3.63) is 29.8 Å². The third-order valence-electron chi connectivity index (χ3n) is 3.73. The Hall–Kier alpha value is -1.44. The number of methoxy groups -OCH3 is 1. The van der Waals surface area contributed by atoms with Gasteiger partial charge in [-0.15, -0.1) is 0 Å². The molecule has 1 aromatic carbocycles. The molecule has 1 saturated heterocycles. The molecule has 116 valence electrons. The maximum atomic E-state index is 12.8. The molecule has 0 aromatic heterocycles. The maximum absolute atomic E-state index is 12.8. The van der Waals surface area contributed by atoms with Gasteiger partial charge in [-0.1, -0.05) is 12.1 Å². The number of hydrogen-bond donors (Lipinski definition) is 1. The van der Waals surface area contributed by atoms with E-state index in [0.29, 0.717) is 19.6 Å². The molecule has 0 saturated carbocycles. The molecule has 21 heavy (non-hydrogen) atoms. The predicted octanol–water partition coefficient (Wildman–Crippen LogP) is 0.833. The van der Waals surface area contributed by atoms with E-state index < -0.39 is 16.0 Å². The lowest BCUT2D eigenvalue weighted by Gasteiger charge is -2.31. The zero-order chi connectivity index (χ0) is 15.5. The molecule has 1 fully saturated rings. The van der Waals surface area contributed by atoms with Crippen LogP contribution in [0.15, 0.2) is 29.2 Å². The number of esters is 1. The average Bonchev–Trinajstić information content (AvgIpc) is 2.54. The molecular formula is C14H20N2O4S. The first kappa shape index (κ1) is 15.9. The van der Waals surface area contributed by atoms with Gasteiger partial charge in [-0.25, -0.2) is 13.2 Å². The van der Waals surface area contributed by atoms with Gasteiger partial charge in [-0.2, -0.15) is 4.31 Å². The average molecular weight is 312 g/mol. The molecule has 1 aromatic rings. The highest BCUT2D eigenvalue weighted by atomic mass is 32.2. The number of sulfonamides is 1. The second-order valence-electron chi connectivity index (χ2n) is 5.09. The Kier molecular flexibility index (Phi) is 4.97. The van der Waals surface area contributed by atoms with Crippen LogP contribution in [0.3, 0.4) is 0 Å². The molecule has 0 radical (unpaired) electrons. The smallest absolute Gasteiger partial charge is 0.339 e. The minimum Gasteiger partial charge on any atom is -0.465 e. The summed E-state index contributed by atoms with van der Waals surface area (Å²) in [6.45, 7) is 1.31. The third-order valence-corrected chi connectivity index (χ3v) is 5.65. The standard InChI is InChI=1S/C14H20N2O4S/c1-20-14(17)12-6-2-3-7-13(12)21(18,19)16-8-4-5-11(9-15)10-16/h2-3,6-7,11H,4-5,8-10,15H2,1H3. The molecular weight excluding hydrogens is 292 g/mol. The summed E-state index contributed by atoms with van der Waals surface area (Å²) in [6.07, 6.45) is 1.71. The number of rotatable bonds is 4. The van der Waals surface area contributed by atoms with E-state index in [1.165, 1.54) is 23.5 Å². The Morgan fingerprint density at radius 3 is 2.81 bits per heavy atom. The minimum atomic E-state index is -3.71. The van der Waals surface area contributed by atoms with Crippen molar-refractivity contribution in [2.45, 2.75) is 17.7 Å². The first-order valence-corrected chi connectivity index (χ1v) is 8.32. The van der Waals surface area contributed by atoms with Crippen molar-refractivity contribution >= 4 is 16.0 Å². The van der Waals surface area contributed by atoms with Gasteiger partial charge in [0.2, 0.25) is 10.0 Å². The van der Waals surface area contributed by atoms with Crippen molar-refractivity contribution in [3.8, 4) is 0 Å². The van der Waals surface area contributed by atoms with Crippen LogP contribution in [0.4, 0.5) is 0 Å². The maximum Gasteiger partial charge on any atom is 0.339 e. The SMILES string of the molecule is COC(=O)c1ccccc1S(=O)(=O)N1CCCC(CN)C1. The zero-order valence-electron chi connectivity index (χ0n) is 12.0. The van der Waals surface area contributed by atoms with E-state index in [4.69, 9.17) is 5.73 Å². The Bertz CT molecular complexity index is 615. The number of nitrogens with two attached hydrogens (primary N) is 1. The Morgan fingerprint density at radius 2 is 2.14 bits per heavy atom. The van der Waals surface area contributed by atoms with Crippen molar-refractivity contribution in [1.82, 2.24) is 4.31 Å². The number of hydrogen-bond acceptors (Lipinski definition) is 5. The summed E-state index contributed by atoms with van der Waals surface area (Å²) in [5, 5.41) is 0. The van der Waals surface area contributed by atoms with E-state index in [1.807, 2.05) is 0 Å². The van der Waals surface area contributed by atoms with Crippen molar-refractivity contribution in [2.75, 3.05) is 26.7 Å². The Morgan fingerprint density at radius 1 is 1.43 bits per heavy atom. The van der Waals surface area contributed by atoms with Crippen LogP contribution in [-0.4, -0.2) is 45.4 Å². The molecule has 0 amide bonds. The lowest BCUT2D eigenvalue weighted by atomic mass is 10.0. The summed E-state index contributed by atoms with van der Waals surface area (Å²) >= 11 is 0. The summed E-state index contributed by atoms with van der Waals surface area (Å²) in [5.41, 5.74) is 5.72. The van der Waals surface area contributed by atoms with E-state index in [9.17, 15) is 13.2 Å². The third kappa shape index (κ3) is 3.25. The van der Waals surface area contributed by atoms with Crippen LogP contribution in [0, 0.1) is 5.92 Å². The van der Waals surface area contributed by atoms with Gasteiger partial charge in [0.15, 0.2) is 0 Å². The number of nitrogens with zero attached hydrogens (tertiary/aromatic N) is 1. The van der Waals surface area contributed by atoms with Crippen LogP contribution < -0.4 is 5.73 Å². The Labute approximate surface area is 124 Å². The van der Waals surface area contributed by atoms with Gasteiger partial charge >= 0.3 is 5.97 Å². The number of benzene rings is 1. The van der Waals surface area contributed by atoms with E-state index in [2.05, 4.69) is 4.74 Å². The predicted molar refractivity (Wildman–Crippen MR) is 78.3 cm³/mol. The van der Waals surface area contributed by atoms with E-state index in [-0.39, 0.29) is 16.4 Å². The summed E-state index contributed by atoms with van der Waals surface area (Å²) in [5.74, 6) is -0.486. The fourth-order valence-corrected chi connectivity index (χ4v) is 4.28. The highest BCUT2D eigenvalue weighted by Gasteiger charge is 2.32. The van der Waals surface area contributed by atoms with Crippen molar-refractivity contribution in [1.29, 1.82) is 0 Å². The lowest BCUT2D eigenvalue weighted by Crippen LogP contribution is -2.42. The molecule has 1 aliphatic heterocycles. The largest absolute Gasteiger partial charge is 0.465 e. The quantitative estimate of drug-likeness (QED) is 0.832. The Balaban J connectivity index is 2.38. The molecule has 0 spiro atoms. The summed E-state index contributed by atoms with van der Waals surface area (Å²) in [7, 11) is -2.48. The van der Waals surface area contributed by atoms with Gasteiger partial charge in [-0.05, 0) is 37.4 Å². The molecule has 2 rings (SSSR count). The first-order chi connectivity index (χ1) is 10.0. The minimum absolute atomic E-state index is 0.00507. The molecule has 1 atom stereocenters. The molecule has 7 heteroatoms. The van der Waals surface area contributed by atoms with E-state index in [1.54, 1.807) is 12.1 Å². The van der Waals surface area contributed by atoms with E-state index >= 15 is 0 Å². The van der Waals surface area contributed by atoms with Crippen molar-refractivity contribution in [2.24, 2.45) is 11.7 Å². The number of carbonyl (C=O) groups is 1. The van der Waals surface area contributed by atoms with Gasteiger partial charge in [-0.3, -0.25) is 0 Å². The molecule has 0 aliphatic carbocycles. The lowest BCUT2D eigenvalue weighted by molar-refractivity contribution is 0.0596. The summed E-state index contributed by atoms with van der Waals surface area (Å²) in [6, 6.07) is 6.12. The van der Waals surface area contributed by atoms with Gasteiger partial charge in [0.05, 0.1) is 17.6 Å². The monoisotopic (exact) mass is 312 g/mol. The van der Waals surface area contributed by atoms with Gasteiger partial charge in [0.25, 0.3) is 0 Å². The molecule has 6 nitrogen and oxygen atoms in total. The summed E-state index contributed by atoms with van der Waals surface area (Å²) < 4.78 is 31.6. The molecule has 1 heterocycles. The van der Waals surface area contributed by atoms with Crippen LogP contribution in [0.1, 0.15) is 23.2 Å². The fourth-order valence-electron chi connectivity index (χ4n) is 2.55. The van der Waals surface area contributed by atoms with Crippen LogP contribution >= 0.6 is 0 Å². The van der Waals surface area contributed by atoms with Gasteiger partial charge in [0, 0.05) is 13.1 Å². The number of ether oxygens (including phenoxy) is 1. The zero-order valence-corrected chi connectivity index (χ0v) is 12.8. The van der Waals surface area contributed by atoms with Gasteiger partial charge in [0.1, 0.15) is 0 Å². The molecule has 1 aliphatic rings. The van der Waals surface area contributed by atoms with Crippen molar-refractivity contribution < 1.29 is 17.9 Å². The van der Waals surface area contributed by atoms with Crippen LogP contribution in [0.25, 0.3) is 0 Å². The molecule has 0 bridgehead atoms. The number of piperidine rings is 1. The van der Waals surface area contributed by atoms with Crippen LogP contribution in [0.2, 0.25) is 0 Å². The highest BCUT2D eigenvalue weighted by Crippen LogP contribution is 2.25. The second-order valence-corrected chi connectivity index (χ2v) is 7.00.